The van der Waals surface area contributed by atoms with E-state index in [1.54, 1.807) is 4.90 Å². The molecule has 0 atom stereocenters. The van der Waals surface area contributed by atoms with Crippen LogP contribution in [-0.2, 0) is 38.9 Å². The molecule has 0 bridgehead atoms. The van der Waals surface area contributed by atoms with Crippen LogP contribution in [0.3, 0.4) is 0 Å². The molecule has 3 aromatic heterocycles. The molecule has 1 amide bonds. The summed E-state index contributed by atoms with van der Waals surface area (Å²) in [5.74, 6) is 1.46. The van der Waals surface area contributed by atoms with E-state index in [0.29, 0.717) is 43.7 Å². The third-order valence-electron chi connectivity index (χ3n) is 7.36. The van der Waals surface area contributed by atoms with Gasteiger partial charge in [0.1, 0.15) is 17.2 Å². The lowest BCUT2D eigenvalue weighted by atomic mass is 10.1. The van der Waals surface area contributed by atoms with Crippen molar-refractivity contribution in [2.45, 2.75) is 44.9 Å². The predicted octanol–water partition coefficient (Wildman–Crippen LogP) is 1.59. The number of hydrogen-bond acceptors (Lipinski definition) is 8. The van der Waals surface area contributed by atoms with Gasteiger partial charge in [-0.15, -0.1) is 0 Å². The van der Waals surface area contributed by atoms with Gasteiger partial charge in [-0.1, -0.05) is 24.3 Å². The lowest BCUT2D eigenvalue weighted by Crippen LogP contribution is -2.36. The van der Waals surface area contributed by atoms with E-state index in [9.17, 15) is 4.79 Å². The number of nitrogens with zero attached hydrogens (tertiary/aromatic N) is 8. The average molecular weight is 483 g/mol. The number of fused-ring (bicyclic) bond motifs is 3. The van der Waals surface area contributed by atoms with Crippen molar-refractivity contribution >= 4 is 17.5 Å². The fourth-order valence-electron chi connectivity index (χ4n) is 5.42. The third kappa shape index (κ3) is 3.76. The number of aromatic amines is 1. The molecule has 11 heteroatoms. The van der Waals surface area contributed by atoms with Crippen LogP contribution in [0.1, 0.15) is 38.8 Å². The van der Waals surface area contributed by atoms with E-state index in [-0.39, 0.29) is 5.91 Å². The maximum absolute atomic E-state index is 13.1. The number of rotatable bonds is 4. The molecule has 36 heavy (non-hydrogen) atoms. The number of H-pyrrole nitrogens is 1. The largest absolute Gasteiger partial charge is 0.360 e. The molecule has 182 valence electrons. The second kappa shape index (κ2) is 8.43. The Balaban J connectivity index is 1.00. The van der Waals surface area contributed by atoms with Gasteiger partial charge in [-0.3, -0.25) is 4.79 Å². The van der Waals surface area contributed by atoms with Crippen LogP contribution in [0.2, 0.25) is 0 Å². The van der Waals surface area contributed by atoms with Crippen molar-refractivity contribution in [3.05, 3.63) is 76.9 Å². The van der Waals surface area contributed by atoms with Gasteiger partial charge in [0.15, 0.2) is 0 Å². The molecule has 3 aliphatic rings. The minimum absolute atomic E-state index is 0.0649. The van der Waals surface area contributed by atoms with Crippen molar-refractivity contribution in [3.8, 4) is 0 Å². The van der Waals surface area contributed by atoms with Gasteiger partial charge in [0.2, 0.25) is 5.95 Å². The first-order valence-electron chi connectivity index (χ1n) is 12.3. The van der Waals surface area contributed by atoms with E-state index in [1.165, 1.54) is 11.1 Å². The van der Waals surface area contributed by atoms with Gasteiger partial charge in [0.05, 0.1) is 36.9 Å². The van der Waals surface area contributed by atoms with Gasteiger partial charge < -0.3 is 19.7 Å². The van der Waals surface area contributed by atoms with E-state index in [2.05, 4.69) is 69.4 Å². The summed E-state index contributed by atoms with van der Waals surface area (Å²) < 4.78 is 2.07. The number of anilines is 2. The summed E-state index contributed by atoms with van der Waals surface area (Å²) in [5, 5.41) is 14.4. The Labute approximate surface area is 207 Å². The first kappa shape index (κ1) is 21.0. The summed E-state index contributed by atoms with van der Waals surface area (Å²) in [5.41, 5.74) is 6.00. The van der Waals surface area contributed by atoms with E-state index >= 15 is 0 Å². The molecule has 0 saturated carbocycles. The van der Waals surface area contributed by atoms with E-state index < -0.39 is 0 Å². The molecule has 2 N–H and O–H groups in total. The molecule has 0 radical (unpaired) electrons. The van der Waals surface area contributed by atoms with E-state index in [0.717, 1.165) is 48.8 Å². The van der Waals surface area contributed by atoms with Crippen LogP contribution in [-0.4, -0.2) is 64.9 Å². The molecule has 1 aliphatic carbocycles. The molecule has 4 aromatic rings. The standard InChI is InChI=1S/C25H26N10O/c36-24(35-6-5-20-21(13-35)31-32-30-20)22-14-34-8-7-33(15-23(34)29-22)19-11-26-25(27-12-19)28-18-9-16-3-1-2-4-17(16)10-18/h1-4,11-12,14,18H,5-10,13,15H2,(H,26,27,28)(H,30,31,32). The minimum Gasteiger partial charge on any atom is -0.360 e. The summed E-state index contributed by atoms with van der Waals surface area (Å²) in [6.07, 6.45) is 8.30. The number of amides is 1. The van der Waals surface area contributed by atoms with Crippen LogP contribution in [0.4, 0.5) is 11.6 Å². The zero-order valence-electron chi connectivity index (χ0n) is 19.8. The molecule has 0 spiro atoms. The number of aromatic nitrogens is 7. The van der Waals surface area contributed by atoms with E-state index in [4.69, 9.17) is 0 Å². The molecular formula is C25H26N10O. The molecule has 0 saturated heterocycles. The smallest absolute Gasteiger partial charge is 0.274 e. The summed E-state index contributed by atoms with van der Waals surface area (Å²) in [6, 6.07) is 8.90. The van der Waals surface area contributed by atoms with Gasteiger partial charge in [-0.25, -0.2) is 15.0 Å². The van der Waals surface area contributed by atoms with Crippen molar-refractivity contribution < 1.29 is 4.79 Å². The molecule has 11 nitrogen and oxygen atoms in total. The molecular weight excluding hydrogens is 456 g/mol. The Kier molecular flexibility index (Phi) is 4.93. The van der Waals surface area contributed by atoms with Crippen LogP contribution >= 0.6 is 0 Å². The summed E-state index contributed by atoms with van der Waals surface area (Å²) >= 11 is 0. The number of imidazole rings is 1. The maximum Gasteiger partial charge on any atom is 0.274 e. The average Bonchev–Trinajstić information content (AvgIpc) is 3.65. The highest BCUT2D eigenvalue weighted by Crippen LogP contribution is 2.25. The summed E-state index contributed by atoms with van der Waals surface area (Å²) in [6.45, 7) is 3.25. The number of carbonyl (C=O) groups excluding carboxylic acids is 1. The first-order chi connectivity index (χ1) is 17.7. The quantitative estimate of drug-likeness (QED) is 0.450. The zero-order chi connectivity index (χ0) is 24.1. The second-order valence-electron chi connectivity index (χ2n) is 9.63. The van der Waals surface area contributed by atoms with Crippen LogP contribution in [0, 0.1) is 0 Å². The summed E-state index contributed by atoms with van der Waals surface area (Å²) in [7, 11) is 0. The predicted molar refractivity (Wildman–Crippen MR) is 131 cm³/mol. The zero-order valence-corrected chi connectivity index (χ0v) is 19.8. The molecule has 7 rings (SSSR count). The van der Waals surface area contributed by atoms with Gasteiger partial charge >= 0.3 is 0 Å². The lowest BCUT2D eigenvalue weighted by Gasteiger charge is -2.29. The fraction of sp³-hybridized carbons (Fsp3) is 0.360. The molecule has 0 fully saturated rings. The Bertz CT molecular complexity index is 1400. The Hall–Kier alpha value is -4.28. The lowest BCUT2D eigenvalue weighted by molar-refractivity contribution is 0.0726. The SMILES string of the molecule is O=C(c1cn2c(n1)CN(c1cnc(NC3Cc4ccccc4C3)nc1)CC2)N1CCc2n[nH]nc2C1. The normalized spacial score (nSPS) is 17.0. The molecule has 2 aliphatic heterocycles. The molecule has 1 aromatic carbocycles. The van der Waals surface area contributed by atoms with Gasteiger partial charge in [0.25, 0.3) is 5.91 Å². The van der Waals surface area contributed by atoms with Crippen molar-refractivity contribution in [3.63, 3.8) is 0 Å². The second-order valence-corrected chi connectivity index (χ2v) is 9.63. The molecule has 5 heterocycles. The van der Waals surface area contributed by atoms with Crippen LogP contribution in [0.5, 0.6) is 0 Å². The number of nitrogens with one attached hydrogen (secondary N) is 2. The Morgan fingerprint density at radius 1 is 0.972 bits per heavy atom. The number of carbonyl (C=O) groups is 1. The van der Waals surface area contributed by atoms with Crippen LogP contribution in [0.25, 0.3) is 0 Å². The monoisotopic (exact) mass is 482 g/mol. The van der Waals surface area contributed by atoms with Gasteiger partial charge in [-0.2, -0.15) is 15.4 Å². The van der Waals surface area contributed by atoms with Crippen LogP contribution < -0.4 is 10.2 Å². The van der Waals surface area contributed by atoms with Crippen molar-refractivity contribution in [1.82, 2.24) is 39.8 Å². The third-order valence-corrected chi connectivity index (χ3v) is 7.36. The number of hydrogen-bond donors (Lipinski definition) is 2. The molecule has 0 unspecified atom stereocenters. The highest BCUT2D eigenvalue weighted by atomic mass is 16.2. The number of benzene rings is 1. The topological polar surface area (TPSA) is 121 Å². The van der Waals surface area contributed by atoms with Crippen molar-refractivity contribution in [2.24, 2.45) is 0 Å². The minimum atomic E-state index is -0.0649. The van der Waals surface area contributed by atoms with Crippen molar-refractivity contribution in [1.29, 1.82) is 0 Å². The van der Waals surface area contributed by atoms with Crippen LogP contribution in [0.15, 0.2) is 42.9 Å². The first-order valence-corrected chi connectivity index (χ1v) is 12.3. The highest BCUT2D eigenvalue weighted by Gasteiger charge is 2.28. The van der Waals surface area contributed by atoms with Crippen molar-refractivity contribution in [2.75, 3.05) is 23.3 Å². The summed E-state index contributed by atoms with van der Waals surface area (Å²) in [4.78, 5) is 30.9. The Morgan fingerprint density at radius 2 is 1.75 bits per heavy atom. The van der Waals surface area contributed by atoms with E-state index in [1.807, 2.05) is 18.6 Å². The fourth-order valence-corrected chi connectivity index (χ4v) is 5.42. The maximum atomic E-state index is 13.1. The highest BCUT2D eigenvalue weighted by molar-refractivity contribution is 5.92. The Morgan fingerprint density at radius 3 is 2.56 bits per heavy atom. The van der Waals surface area contributed by atoms with Gasteiger partial charge in [0, 0.05) is 38.3 Å². The van der Waals surface area contributed by atoms with Gasteiger partial charge in [-0.05, 0) is 24.0 Å².